The average molecular weight is 543 g/mol. The average Bonchev–Trinajstić information content (AvgIpc) is 3.46. The first-order valence-electron chi connectivity index (χ1n) is 12.8. The van der Waals surface area contributed by atoms with Crippen molar-refractivity contribution in [1.29, 1.82) is 0 Å². The molecule has 2 atom stereocenters. The zero-order chi connectivity index (χ0) is 27.7. The predicted molar refractivity (Wildman–Crippen MR) is 137 cm³/mol. The van der Waals surface area contributed by atoms with Crippen molar-refractivity contribution >= 4 is 17.0 Å². The predicted octanol–water partition coefficient (Wildman–Crippen LogP) is 5.96. The van der Waals surface area contributed by atoms with Gasteiger partial charge in [0.15, 0.2) is 0 Å². The summed E-state index contributed by atoms with van der Waals surface area (Å²) >= 11 is 0. The van der Waals surface area contributed by atoms with Gasteiger partial charge in [-0.1, -0.05) is 25.0 Å². The van der Waals surface area contributed by atoms with Crippen LogP contribution < -0.4 is 9.47 Å². The highest BCUT2D eigenvalue weighted by Gasteiger charge is 2.35. The van der Waals surface area contributed by atoms with Gasteiger partial charge in [0, 0.05) is 31.8 Å². The normalized spacial score (nSPS) is 17.9. The van der Waals surface area contributed by atoms with Gasteiger partial charge in [-0.2, -0.15) is 5.10 Å². The number of nitrogens with zero attached hydrogens (tertiary/aromatic N) is 4. The smallest absolute Gasteiger partial charge is 0.487 e. The molecule has 206 valence electrons. The van der Waals surface area contributed by atoms with Crippen LogP contribution in [0.25, 0.3) is 11.0 Å². The van der Waals surface area contributed by atoms with Gasteiger partial charge < -0.3 is 19.1 Å². The lowest BCUT2D eigenvalue weighted by atomic mass is 9.78. The lowest BCUT2D eigenvalue weighted by Gasteiger charge is -2.28. The summed E-state index contributed by atoms with van der Waals surface area (Å²) in [5, 5.41) is 14.3. The first-order valence-corrected chi connectivity index (χ1v) is 12.8. The number of carboxylic acids is 1. The Morgan fingerprint density at radius 1 is 1.13 bits per heavy atom. The molecule has 2 aromatic heterocycles. The second-order valence-electron chi connectivity index (χ2n) is 9.96. The summed E-state index contributed by atoms with van der Waals surface area (Å²) in [5.41, 5.74) is 3.31. The second-order valence-corrected chi connectivity index (χ2v) is 9.96. The summed E-state index contributed by atoms with van der Waals surface area (Å²) in [6.45, 7) is 2.13. The lowest BCUT2D eigenvalue weighted by molar-refractivity contribution is -0.274. The third-order valence-corrected chi connectivity index (χ3v) is 7.13. The SMILES string of the molecule is Cc1cc(Cn2c([C@H]3CCCC[C@H]3C(=O)O)nc3ccc(OCc4ccn(C)n4)cc32)ccc1OC(F)(F)F. The van der Waals surface area contributed by atoms with Gasteiger partial charge in [0.1, 0.15) is 23.9 Å². The fraction of sp³-hybridized carbons (Fsp3) is 0.393. The van der Waals surface area contributed by atoms with Crippen molar-refractivity contribution in [3.8, 4) is 11.5 Å². The Balaban J connectivity index is 1.52. The van der Waals surface area contributed by atoms with Crippen LogP contribution in [0.2, 0.25) is 0 Å². The molecule has 4 aromatic rings. The van der Waals surface area contributed by atoms with E-state index in [-0.39, 0.29) is 18.3 Å². The molecule has 0 spiro atoms. The second kappa shape index (κ2) is 10.6. The summed E-state index contributed by atoms with van der Waals surface area (Å²) < 4.78 is 52.1. The summed E-state index contributed by atoms with van der Waals surface area (Å²) in [6.07, 6.45) is 0.0699. The molecule has 5 rings (SSSR count). The molecule has 1 aliphatic carbocycles. The Hall–Kier alpha value is -4.02. The molecule has 39 heavy (non-hydrogen) atoms. The zero-order valence-corrected chi connectivity index (χ0v) is 21.6. The number of carbonyl (C=O) groups is 1. The number of hydrogen-bond donors (Lipinski definition) is 1. The minimum absolute atomic E-state index is 0.259. The molecule has 0 aliphatic heterocycles. The molecule has 0 amide bonds. The highest BCUT2D eigenvalue weighted by Crippen LogP contribution is 2.39. The molecule has 2 aromatic carbocycles. The van der Waals surface area contributed by atoms with E-state index in [0.29, 0.717) is 42.0 Å². The number of rotatable bonds is 8. The molecule has 1 N–H and O–H groups in total. The van der Waals surface area contributed by atoms with Crippen LogP contribution in [-0.4, -0.2) is 36.8 Å². The number of hydrogen-bond acceptors (Lipinski definition) is 5. The topological polar surface area (TPSA) is 91.4 Å². The van der Waals surface area contributed by atoms with Gasteiger partial charge >= 0.3 is 12.3 Å². The molecule has 0 bridgehead atoms. The molecule has 2 heterocycles. The van der Waals surface area contributed by atoms with E-state index in [1.807, 2.05) is 42.1 Å². The number of aliphatic carboxylic acids is 1. The molecule has 1 saturated carbocycles. The number of carboxylic acid groups (broad SMARTS) is 1. The van der Waals surface area contributed by atoms with Gasteiger partial charge in [-0.15, -0.1) is 13.2 Å². The molecule has 11 heteroatoms. The fourth-order valence-corrected chi connectivity index (χ4v) is 5.32. The Bertz CT molecular complexity index is 1490. The fourth-order valence-electron chi connectivity index (χ4n) is 5.32. The molecular weight excluding hydrogens is 513 g/mol. The van der Waals surface area contributed by atoms with Crippen LogP contribution in [0.15, 0.2) is 48.7 Å². The Kier molecular flexibility index (Phi) is 7.24. The molecular formula is C28H29F3N4O4. The van der Waals surface area contributed by atoms with Gasteiger partial charge in [0.25, 0.3) is 0 Å². The van der Waals surface area contributed by atoms with Crippen molar-refractivity contribution in [3.63, 3.8) is 0 Å². The largest absolute Gasteiger partial charge is 0.573 e. The molecule has 1 fully saturated rings. The number of benzene rings is 2. The number of halogens is 3. The van der Waals surface area contributed by atoms with Gasteiger partial charge in [-0.25, -0.2) is 4.98 Å². The standard InChI is InChI=1S/C28H29F3N4O4/c1-17-13-18(7-10-25(17)39-28(29,30)31)15-35-24-14-20(38-16-19-11-12-34(2)33-19)8-9-23(24)32-26(35)21-5-3-4-6-22(21)27(36)37/h7-14,21-22H,3-6,15-16H2,1-2H3,(H,36,37)/t21-,22+/m0/s1. The van der Waals surface area contributed by atoms with E-state index in [9.17, 15) is 23.1 Å². The highest BCUT2D eigenvalue weighted by atomic mass is 19.4. The number of imidazole rings is 1. The zero-order valence-electron chi connectivity index (χ0n) is 21.6. The third-order valence-electron chi connectivity index (χ3n) is 7.13. The minimum Gasteiger partial charge on any atom is -0.487 e. The maximum absolute atomic E-state index is 12.8. The van der Waals surface area contributed by atoms with Crippen molar-refractivity contribution in [2.75, 3.05) is 0 Å². The number of fused-ring (bicyclic) bond motifs is 1. The van der Waals surface area contributed by atoms with E-state index < -0.39 is 18.2 Å². The quantitative estimate of drug-likeness (QED) is 0.295. The highest BCUT2D eigenvalue weighted by molar-refractivity contribution is 5.79. The summed E-state index contributed by atoms with van der Waals surface area (Å²) in [7, 11) is 1.83. The van der Waals surface area contributed by atoms with Crippen molar-refractivity contribution in [2.45, 2.75) is 58.0 Å². The van der Waals surface area contributed by atoms with E-state index in [1.165, 1.54) is 6.07 Å². The summed E-state index contributed by atoms with van der Waals surface area (Å²) in [6, 6.07) is 11.9. The van der Waals surface area contributed by atoms with Crippen molar-refractivity contribution in [2.24, 2.45) is 13.0 Å². The molecule has 0 saturated heterocycles. The molecule has 0 radical (unpaired) electrons. The van der Waals surface area contributed by atoms with Gasteiger partial charge in [-0.3, -0.25) is 9.48 Å². The first-order chi connectivity index (χ1) is 18.6. The van der Waals surface area contributed by atoms with E-state index in [0.717, 1.165) is 29.6 Å². The molecule has 1 aliphatic rings. The van der Waals surface area contributed by atoms with Crippen LogP contribution in [0.1, 0.15) is 54.2 Å². The van der Waals surface area contributed by atoms with E-state index in [4.69, 9.17) is 9.72 Å². The Morgan fingerprint density at radius 2 is 1.92 bits per heavy atom. The van der Waals surface area contributed by atoms with E-state index >= 15 is 0 Å². The van der Waals surface area contributed by atoms with Crippen LogP contribution in [0.5, 0.6) is 11.5 Å². The van der Waals surface area contributed by atoms with Crippen LogP contribution in [0, 0.1) is 12.8 Å². The van der Waals surface area contributed by atoms with Crippen molar-refractivity contribution < 1.29 is 32.5 Å². The molecule has 0 unspecified atom stereocenters. The van der Waals surface area contributed by atoms with Gasteiger partial charge in [-0.05, 0) is 55.2 Å². The van der Waals surface area contributed by atoms with Gasteiger partial charge in [0.2, 0.25) is 0 Å². The Labute approximate surface area is 223 Å². The first kappa shape index (κ1) is 26.6. The van der Waals surface area contributed by atoms with E-state index in [2.05, 4.69) is 9.84 Å². The summed E-state index contributed by atoms with van der Waals surface area (Å²) in [5.74, 6) is -0.682. The lowest BCUT2D eigenvalue weighted by Crippen LogP contribution is -2.27. The monoisotopic (exact) mass is 542 g/mol. The van der Waals surface area contributed by atoms with Gasteiger partial charge in [0.05, 0.1) is 22.6 Å². The summed E-state index contributed by atoms with van der Waals surface area (Å²) in [4.78, 5) is 17.0. The van der Waals surface area contributed by atoms with Crippen LogP contribution in [-0.2, 0) is 25.0 Å². The van der Waals surface area contributed by atoms with Crippen LogP contribution in [0.3, 0.4) is 0 Å². The minimum atomic E-state index is -4.78. The number of aromatic nitrogens is 4. The Morgan fingerprint density at radius 3 is 2.62 bits per heavy atom. The van der Waals surface area contributed by atoms with Crippen LogP contribution >= 0.6 is 0 Å². The molecule has 8 nitrogen and oxygen atoms in total. The number of ether oxygens (including phenoxy) is 2. The number of alkyl halides is 3. The van der Waals surface area contributed by atoms with Crippen LogP contribution in [0.4, 0.5) is 13.2 Å². The van der Waals surface area contributed by atoms with Crippen molar-refractivity contribution in [1.82, 2.24) is 19.3 Å². The van der Waals surface area contributed by atoms with E-state index in [1.54, 1.807) is 23.7 Å². The number of aryl methyl sites for hydroxylation is 2. The third kappa shape index (κ3) is 6.02. The maximum atomic E-state index is 12.8. The van der Waals surface area contributed by atoms with Crippen molar-refractivity contribution in [3.05, 3.63) is 71.3 Å². The maximum Gasteiger partial charge on any atom is 0.573 e.